The highest BCUT2D eigenvalue weighted by molar-refractivity contribution is 5.27. The number of nitrogens with one attached hydrogen (secondary N) is 1. The maximum Gasteiger partial charge on any atom is 0.155 e. The van der Waals surface area contributed by atoms with E-state index in [1.807, 2.05) is 0 Å². The number of hydrogen-bond acceptors (Lipinski definition) is 4. The van der Waals surface area contributed by atoms with Crippen LogP contribution in [0, 0.1) is 5.82 Å². The number of hydrogen-bond donors (Lipinski definition) is 1. The summed E-state index contributed by atoms with van der Waals surface area (Å²) in [6.45, 7) is 1.64. The fourth-order valence-corrected chi connectivity index (χ4v) is 1.81. The second-order valence-corrected chi connectivity index (χ2v) is 3.66. The summed E-state index contributed by atoms with van der Waals surface area (Å²) in [5.74, 6) is 0.261. The van der Waals surface area contributed by atoms with Crippen LogP contribution in [0.25, 0.3) is 5.82 Å². The van der Waals surface area contributed by atoms with E-state index in [1.165, 1.54) is 12.3 Å². The van der Waals surface area contributed by atoms with Gasteiger partial charge in [0.2, 0.25) is 0 Å². The maximum atomic E-state index is 12.7. The number of halogens is 1. The Labute approximate surface area is 91.3 Å². The van der Waals surface area contributed by atoms with Crippen LogP contribution >= 0.6 is 0 Å². The molecule has 0 amide bonds. The second kappa shape index (κ2) is 3.64. The molecule has 0 atom stereocenters. The quantitative estimate of drug-likeness (QED) is 0.756. The summed E-state index contributed by atoms with van der Waals surface area (Å²) in [5, 5.41) is 11.3. The number of fused-ring (bicyclic) bond motifs is 1. The van der Waals surface area contributed by atoms with Crippen LogP contribution in [0.15, 0.2) is 18.3 Å². The largest absolute Gasteiger partial charge is 0.311 e. The van der Waals surface area contributed by atoms with Gasteiger partial charge in [-0.05, 0) is 12.1 Å². The van der Waals surface area contributed by atoms with Crippen LogP contribution in [0.2, 0.25) is 0 Å². The SMILES string of the molecule is Fc1ccc(-n2nnc3c2CCNC3)nc1. The smallest absolute Gasteiger partial charge is 0.155 e. The second-order valence-electron chi connectivity index (χ2n) is 3.66. The van der Waals surface area contributed by atoms with E-state index in [9.17, 15) is 4.39 Å². The molecular weight excluding hydrogens is 209 g/mol. The molecule has 0 radical (unpaired) electrons. The van der Waals surface area contributed by atoms with Crippen LogP contribution in [0.4, 0.5) is 4.39 Å². The zero-order valence-electron chi connectivity index (χ0n) is 8.52. The molecule has 0 unspecified atom stereocenters. The number of aromatic nitrogens is 4. The Morgan fingerprint density at radius 2 is 2.31 bits per heavy atom. The van der Waals surface area contributed by atoms with Crippen molar-refractivity contribution >= 4 is 0 Å². The number of pyridine rings is 1. The molecule has 1 aliphatic heterocycles. The van der Waals surface area contributed by atoms with Crippen molar-refractivity contribution in [2.75, 3.05) is 6.54 Å². The topological polar surface area (TPSA) is 55.6 Å². The summed E-state index contributed by atoms with van der Waals surface area (Å²) in [6, 6.07) is 2.98. The third-order valence-electron chi connectivity index (χ3n) is 2.60. The van der Waals surface area contributed by atoms with Crippen molar-refractivity contribution < 1.29 is 4.39 Å². The van der Waals surface area contributed by atoms with E-state index in [0.717, 1.165) is 30.9 Å². The predicted octanol–water partition coefficient (Wildman–Crippen LogP) is 0.447. The lowest BCUT2D eigenvalue weighted by Gasteiger charge is -2.12. The molecule has 3 rings (SSSR count). The van der Waals surface area contributed by atoms with E-state index >= 15 is 0 Å². The Bertz CT molecular complexity index is 504. The number of nitrogens with zero attached hydrogens (tertiary/aromatic N) is 4. The molecule has 5 nitrogen and oxygen atoms in total. The molecule has 2 aromatic rings. The first-order chi connectivity index (χ1) is 7.84. The lowest BCUT2D eigenvalue weighted by Crippen LogP contribution is -2.24. The molecule has 3 heterocycles. The van der Waals surface area contributed by atoms with E-state index in [2.05, 4.69) is 20.6 Å². The molecule has 1 N–H and O–H groups in total. The summed E-state index contributed by atoms with van der Waals surface area (Å²) in [5.41, 5.74) is 2.00. The van der Waals surface area contributed by atoms with Gasteiger partial charge in [0.25, 0.3) is 0 Å². The van der Waals surface area contributed by atoms with Gasteiger partial charge in [0.1, 0.15) is 11.5 Å². The van der Waals surface area contributed by atoms with Gasteiger partial charge in [-0.25, -0.2) is 9.37 Å². The Kier molecular flexibility index (Phi) is 2.14. The van der Waals surface area contributed by atoms with Gasteiger partial charge >= 0.3 is 0 Å². The van der Waals surface area contributed by atoms with Crippen molar-refractivity contribution in [2.24, 2.45) is 0 Å². The van der Waals surface area contributed by atoms with Gasteiger partial charge in [0.15, 0.2) is 5.82 Å². The zero-order chi connectivity index (χ0) is 11.0. The normalized spacial score (nSPS) is 14.8. The Hall–Kier alpha value is -1.82. The first kappa shape index (κ1) is 9.41. The predicted molar refractivity (Wildman–Crippen MR) is 54.5 cm³/mol. The highest BCUT2D eigenvalue weighted by Crippen LogP contribution is 2.14. The summed E-state index contributed by atoms with van der Waals surface area (Å²) in [6.07, 6.45) is 2.05. The Morgan fingerprint density at radius 3 is 3.12 bits per heavy atom. The van der Waals surface area contributed by atoms with E-state index in [0.29, 0.717) is 5.82 Å². The minimum Gasteiger partial charge on any atom is -0.311 e. The van der Waals surface area contributed by atoms with Crippen LogP contribution < -0.4 is 5.32 Å². The van der Waals surface area contributed by atoms with Gasteiger partial charge in [-0.3, -0.25) is 0 Å². The molecule has 6 heteroatoms. The van der Waals surface area contributed by atoms with Crippen molar-refractivity contribution in [1.29, 1.82) is 0 Å². The van der Waals surface area contributed by atoms with E-state index in [-0.39, 0.29) is 5.82 Å². The highest BCUT2D eigenvalue weighted by Gasteiger charge is 2.17. The minimum absolute atomic E-state index is 0.348. The molecule has 0 saturated heterocycles. The Morgan fingerprint density at radius 1 is 1.38 bits per heavy atom. The third-order valence-corrected chi connectivity index (χ3v) is 2.60. The maximum absolute atomic E-state index is 12.7. The lowest BCUT2D eigenvalue weighted by atomic mass is 10.2. The molecule has 0 saturated carbocycles. The average molecular weight is 219 g/mol. The van der Waals surface area contributed by atoms with Gasteiger partial charge in [0, 0.05) is 19.5 Å². The summed E-state index contributed by atoms with van der Waals surface area (Å²) >= 11 is 0. The zero-order valence-corrected chi connectivity index (χ0v) is 8.52. The molecule has 0 bridgehead atoms. The first-order valence-electron chi connectivity index (χ1n) is 5.11. The average Bonchev–Trinajstić information content (AvgIpc) is 2.74. The lowest BCUT2D eigenvalue weighted by molar-refractivity contribution is 0.609. The van der Waals surface area contributed by atoms with Gasteiger partial charge < -0.3 is 5.32 Å². The fourth-order valence-electron chi connectivity index (χ4n) is 1.81. The van der Waals surface area contributed by atoms with Gasteiger partial charge in [0.05, 0.1) is 11.9 Å². The molecule has 0 spiro atoms. The van der Waals surface area contributed by atoms with Crippen LogP contribution in [0.3, 0.4) is 0 Å². The summed E-state index contributed by atoms with van der Waals surface area (Å²) in [7, 11) is 0. The van der Waals surface area contributed by atoms with Crippen molar-refractivity contribution in [3.05, 3.63) is 35.5 Å². The highest BCUT2D eigenvalue weighted by atomic mass is 19.1. The fraction of sp³-hybridized carbons (Fsp3) is 0.300. The summed E-state index contributed by atoms with van der Waals surface area (Å²) < 4.78 is 14.4. The Balaban J connectivity index is 2.06. The van der Waals surface area contributed by atoms with Crippen LogP contribution in [-0.2, 0) is 13.0 Å². The van der Waals surface area contributed by atoms with E-state index in [4.69, 9.17) is 0 Å². The minimum atomic E-state index is -0.348. The molecule has 1 aliphatic rings. The molecule has 0 fully saturated rings. The molecular formula is C10H10FN5. The molecule has 82 valence electrons. The molecule has 0 aliphatic carbocycles. The van der Waals surface area contributed by atoms with Crippen molar-refractivity contribution in [3.63, 3.8) is 0 Å². The molecule has 0 aromatic carbocycles. The van der Waals surface area contributed by atoms with Gasteiger partial charge in [-0.15, -0.1) is 5.10 Å². The monoisotopic (exact) mass is 219 g/mol. The van der Waals surface area contributed by atoms with Gasteiger partial charge in [-0.1, -0.05) is 5.21 Å². The van der Waals surface area contributed by atoms with E-state index < -0.39 is 0 Å². The summed E-state index contributed by atoms with van der Waals surface area (Å²) in [4.78, 5) is 3.99. The standard InChI is InChI=1S/C10H10FN5/c11-7-1-2-10(13-5-7)16-9-3-4-12-6-8(9)14-15-16/h1-2,5,12H,3-4,6H2. The van der Waals surface area contributed by atoms with Gasteiger partial charge in [-0.2, -0.15) is 4.68 Å². The van der Waals surface area contributed by atoms with E-state index in [1.54, 1.807) is 10.7 Å². The first-order valence-corrected chi connectivity index (χ1v) is 5.11. The third kappa shape index (κ3) is 1.47. The van der Waals surface area contributed by atoms with Crippen LogP contribution in [0.5, 0.6) is 0 Å². The molecule has 2 aromatic heterocycles. The van der Waals surface area contributed by atoms with Crippen molar-refractivity contribution in [2.45, 2.75) is 13.0 Å². The number of rotatable bonds is 1. The molecule has 16 heavy (non-hydrogen) atoms. The van der Waals surface area contributed by atoms with Crippen molar-refractivity contribution in [1.82, 2.24) is 25.3 Å². The van der Waals surface area contributed by atoms with Crippen LogP contribution in [-0.4, -0.2) is 26.5 Å². The van der Waals surface area contributed by atoms with Crippen molar-refractivity contribution in [3.8, 4) is 5.82 Å². The van der Waals surface area contributed by atoms with Crippen LogP contribution in [0.1, 0.15) is 11.4 Å².